The van der Waals surface area contributed by atoms with Crippen molar-refractivity contribution in [3.8, 4) is 5.75 Å². The molecule has 3 rings (SSSR count). The van der Waals surface area contributed by atoms with Crippen LogP contribution < -0.4 is 10.1 Å². The summed E-state index contributed by atoms with van der Waals surface area (Å²) in [5.74, 6) is 0.721. The van der Waals surface area contributed by atoms with Gasteiger partial charge in [-0.3, -0.25) is 14.6 Å². The molecule has 2 atom stereocenters. The van der Waals surface area contributed by atoms with Crippen molar-refractivity contribution in [2.24, 2.45) is 0 Å². The summed E-state index contributed by atoms with van der Waals surface area (Å²) in [5.41, 5.74) is 0.948. The van der Waals surface area contributed by atoms with Crippen LogP contribution >= 0.6 is 0 Å². The van der Waals surface area contributed by atoms with Crippen molar-refractivity contribution < 1.29 is 19.1 Å². The fourth-order valence-electron chi connectivity index (χ4n) is 3.02. The summed E-state index contributed by atoms with van der Waals surface area (Å²) in [7, 11) is 0. The third kappa shape index (κ3) is 5.66. The molecule has 0 radical (unpaired) electrons. The van der Waals surface area contributed by atoms with E-state index in [1.165, 1.54) is 0 Å². The number of nitrogens with one attached hydrogen (secondary N) is 1. The van der Waals surface area contributed by atoms with Gasteiger partial charge in [0.25, 0.3) is 0 Å². The highest BCUT2D eigenvalue weighted by Crippen LogP contribution is 2.18. The summed E-state index contributed by atoms with van der Waals surface area (Å²) in [4.78, 5) is 22.1. The van der Waals surface area contributed by atoms with Crippen molar-refractivity contribution in [2.45, 2.75) is 44.8 Å². The Morgan fingerprint density at radius 1 is 1.40 bits per heavy atom. The molecular formula is C18H27N3O4. The molecule has 3 heterocycles. The van der Waals surface area contributed by atoms with Crippen LogP contribution in [-0.2, 0) is 14.4 Å². The predicted octanol–water partition coefficient (Wildman–Crippen LogP) is 1.46. The molecule has 2 saturated heterocycles. The quantitative estimate of drug-likeness (QED) is 0.838. The largest absolute Gasteiger partial charge is 0.486 e. The molecule has 1 N–H and O–H groups in total. The molecule has 2 aliphatic rings. The second-order valence-corrected chi connectivity index (χ2v) is 6.55. The van der Waals surface area contributed by atoms with E-state index in [2.05, 4.69) is 10.3 Å². The first-order chi connectivity index (χ1) is 12.2. The Morgan fingerprint density at radius 3 is 3.08 bits per heavy atom. The van der Waals surface area contributed by atoms with E-state index in [0.29, 0.717) is 26.2 Å². The van der Waals surface area contributed by atoms with E-state index in [9.17, 15) is 4.79 Å². The Morgan fingerprint density at radius 2 is 2.32 bits per heavy atom. The minimum atomic E-state index is -0.148. The van der Waals surface area contributed by atoms with Gasteiger partial charge in [0.1, 0.15) is 11.9 Å². The van der Waals surface area contributed by atoms with Crippen molar-refractivity contribution in [3.05, 3.63) is 24.0 Å². The van der Waals surface area contributed by atoms with Gasteiger partial charge in [-0.05, 0) is 31.9 Å². The van der Waals surface area contributed by atoms with Gasteiger partial charge in [0.2, 0.25) is 5.91 Å². The van der Waals surface area contributed by atoms with Crippen LogP contribution in [0.25, 0.3) is 0 Å². The fourth-order valence-corrected chi connectivity index (χ4v) is 3.02. The van der Waals surface area contributed by atoms with Crippen LogP contribution in [0.5, 0.6) is 5.75 Å². The number of hydroxylamine groups is 2. The maximum absolute atomic E-state index is 12.3. The number of rotatable bonds is 6. The van der Waals surface area contributed by atoms with E-state index in [0.717, 1.165) is 43.9 Å². The van der Waals surface area contributed by atoms with E-state index in [1.807, 2.05) is 24.1 Å². The molecule has 1 amide bonds. The van der Waals surface area contributed by atoms with Gasteiger partial charge in [0, 0.05) is 31.6 Å². The highest BCUT2D eigenvalue weighted by molar-refractivity contribution is 5.76. The van der Waals surface area contributed by atoms with Crippen LogP contribution in [0.15, 0.2) is 18.3 Å². The molecular weight excluding hydrogens is 322 g/mol. The van der Waals surface area contributed by atoms with E-state index in [-0.39, 0.29) is 18.1 Å². The topological polar surface area (TPSA) is 72.9 Å². The van der Waals surface area contributed by atoms with Crippen molar-refractivity contribution in [2.75, 3.05) is 32.9 Å². The number of ether oxygens (including phenoxy) is 2. The van der Waals surface area contributed by atoms with Crippen LogP contribution in [-0.4, -0.2) is 61.0 Å². The summed E-state index contributed by atoms with van der Waals surface area (Å²) in [6, 6.07) is 3.68. The van der Waals surface area contributed by atoms with Crippen LogP contribution in [0, 0.1) is 6.92 Å². The predicted molar refractivity (Wildman–Crippen MR) is 92.1 cm³/mol. The van der Waals surface area contributed by atoms with Gasteiger partial charge in [-0.1, -0.05) is 0 Å². The second-order valence-electron chi connectivity index (χ2n) is 6.55. The molecule has 0 aliphatic carbocycles. The normalized spacial score (nSPS) is 24.7. The summed E-state index contributed by atoms with van der Waals surface area (Å²) >= 11 is 0. The first-order valence-electron chi connectivity index (χ1n) is 9.05. The molecule has 0 saturated carbocycles. The Bertz CT molecular complexity index is 546. The Kier molecular flexibility index (Phi) is 6.61. The van der Waals surface area contributed by atoms with E-state index >= 15 is 0 Å². The first kappa shape index (κ1) is 18.1. The van der Waals surface area contributed by atoms with Crippen LogP contribution in [0.4, 0.5) is 0 Å². The summed E-state index contributed by atoms with van der Waals surface area (Å²) in [6.07, 6.45) is 4.99. The minimum Gasteiger partial charge on any atom is -0.486 e. The van der Waals surface area contributed by atoms with Gasteiger partial charge in [-0.2, -0.15) is 5.06 Å². The molecule has 2 fully saturated rings. The molecule has 2 aliphatic heterocycles. The van der Waals surface area contributed by atoms with E-state index in [4.69, 9.17) is 14.3 Å². The SMILES string of the molecule is Cc1ccc(O[C@@H]2CCOC[C@@H]2NC(=O)CCN2CCCCO2)cn1. The van der Waals surface area contributed by atoms with Crippen molar-refractivity contribution >= 4 is 5.91 Å². The van der Waals surface area contributed by atoms with Crippen LogP contribution in [0.2, 0.25) is 0 Å². The molecule has 0 bridgehead atoms. The van der Waals surface area contributed by atoms with Gasteiger partial charge < -0.3 is 14.8 Å². The van der Waals surface area contributed by atoms with Crippen LogP contribution in [0.1, 0.15) is 31.4 Å². The van der Waals surface area contributed by atoms with Gasteiger partial charge in [0.15, 0.2) is 0 Å². The molecule has 7 heteroatoms. The molecule has 138 valence electrons. The number of aryl methyl sites for hydroxylation is 1. The molecule has 25 heavy (non-hydrogen) atoms. The minimum absolute atomic E-state index is 0.000282. The zero-order valence-electron chi connectivity index (χ0n) is 14.8. The molecule has 0 aromatic carbocycles. The number of nitrogens with zero attached hydrogens (tertiary/aromatic N) is 2. The lowest BCUT2D eigenvalue weighted by atomic mass is 10.1. The summed E-state index contributed by atoms with van der Waals surface area (Å²) in [6.45, 7) is 5.30. The van der Waals surface area contributed by atoms with Crippen molar-refractivity contribution in [3.63, 3.8) is 0 Å². The smallest absolute Gasteiger partial charge is 0.221 e. The highest BCUT2D eigenvalue weighted by Gasteiger charge is 2.29. The average molecular weight is 349 g/mol. The fraction of sp³-hybridized carbons (Fsp3) is 0.667. The maximum Gasteiger partial charge on any atom is 0.221 e. The molecule has 0 spiro atoms. The first-order valence-corrected chi connectivity index (χ1v) is 9.05. The highest BCUT2D eigenvalue weighted by atomic mass is 16.7. The van der Waals surface area contributed by atoms with Crippen molar-refractivity contribution in [1.29, 1.82) is 0 Å². The maximum atomic E-state index is 12.3. The third-order valence-corrected chi connectivity index (χ3v) is 4.47. The van der Waals surface area contributed by atoms with Gasteiger partial charge >= 0.3 is 0 Å². The molecule has 1 aromatic heterocycles. The number of hydrogen-bond donors (Lipinski definition) is 1. The second kappa shape index (κ2) is 9.12. The zero-order valence-corrected chi connectivity index (χ0v) is 14.8. The number of hydrogen-bond acceptors (Lipinski definition) is 6. The monoisotopic (exact) mass is 349 g/mol. The summed E-state index contributed by atoms with van der Waals surface area (Å²) < 4.78 is 11.5. The third-order valence-electron chi connectivity index (χ3n) is 4.47. The standard InChI is InChI=1S/C18H27N3O4/c1-14-4-5-15(12-19-14)25-17-7-11-23-13-16(17)20-18(22)6-9-21-8-2-3-10-24-21/h4-5,12,16-17H,2-3,6-11,13H2,1H3,(H,20,22)/t16-,17+/m0/s1. The molecule has 1 aromatic rings. The lowest BCUT2D eigenvalue weighted by Crippen LogP contribution is -2.52. The van der Waals surface area contributed by atoms with Crippen molar-refractivity contribution in [1.82, 2.24) is 15.4 Å². The lowest BCUT2D eigenvalue weighted by molar-refractivity contribution is -0.181. The number of carbonyl (C=O) groups excluding carboxylic acids is 1. The summed E-state index contributed by atoms with van der Waals surface area (Å²) in [5, 5.41) is 4.93. The average Bonchev–Trinajstić information content (AvgIpc) is 2.64. The van der Waals surface area contributed by atoms with Crippen LogP contribution in [0.3, 0.4) is 0 Å². The van der Waals surface area contributed by atoms with Gasteiger partial charge in [0.05, 0.1) is 32.1 Å². The number of pyridine rings is 1. The number of amides is 1. The number of carbonyl (C=O) groups is 1. The lowest BCUT2D eigenvalue weighted by Gasteiger charge is -2.32. The number of aromatic nitrogens is 1. The molecule has 7 nitrogen and oxygen atoms in total. The Labute approximate surface area is 148 Å². The van der Waals surface area contributed by atoms with E-state index < -0.39 is 0 Å². The Balaban J connectivity index is 1.48. The molecule has 0 unspecified atom stereocenters. The zero-order chi connectivity index (χ0) is 17.5. The van der Waals surface area contributed by atoms with E-state index in [1.54, 1.807) is 6.20 Å². The van der Waals surface area contributed by atoms with Gasteiger partial charge in [-0.25, -0.2) is 0 Å². The van der Waals surface area contributed by atoms with Gasteiger partial charge in [-0.15, -0.1) is 0 Å². The Hall–Kier alpha value is -1.70.